The molecule has 1 aliphatic heterocycles. The molecule has 0 fully saturated rings. The molecular weight excluding hydrogens is 312 g/mol. The van der Waals surface area contributed by atoms with Gasteiger partial charge in [0.1, 0.15) is 23.5 Å². The summed E-state index contributed by atoms with van der Waals surface area (Å²) in [4.78, 5) is 12.2. The third kappa shape index (κ3) is 4.27. The molecule has 0 aliphatic carbocycles. The average Bonchev–Trinajstić information content (AvgIpc) is 2.99. The fourth-order valence-electron chi connectivity index (χ4n) is 2.91. The first-order chi connectivity index (χ1) is 12.2. The third-order valence-corrected chi connectivity index (χ3v) is 4.14. The largest absolute Gasteiger partial charge is 0.490 e. The lowest BCUT2D eigenvalue weighted by Crippen LogP contribution is -2.26. The number of hydrogen-bond acceptors (Lipinski definition) is 3. The number of amides is 1. The van der Waals surface area contributed by atoms with Gasteiger partial charge in [0.05, 0.1) is 0 Å². The maximum absolute atomic E-state index is 12.2. The first-order valence-electron chi connectivity index (χ1n) is 8.39. The van der Waals surface area contributed by atoms with Gasteiger partial charge in [0.2, 0.25) is 0 Å². The molecule has 0 bridgehead atoms. The molecule has 2 aromatic rings. The maximum Gasteiger partial charge on any atom is 0.261 e. The van der Waals surface area contributed by atoms with Gasteiger partial charge in [-0.3, -0.25) is 4.79 Å². The van der Waals surface area contributed by atoms with E-state index in [1.54, 1.807) is 6.08 Å². The normalized spacial score (nSPS) is 15.8. The number of benzene rings is 2. The van der Waals surface area contributed by atoms with E-state index in [4.69, 9.17) is 4.74 Å². The molecule has 25 heavy (non-hydrogen) atoms. The van der Waals surface area contributed by atoms with Gasteiger partial charge < -0.3 is 10.1 Å². The Bertz CT molecular complexity index is 835. The number of rotatable bonds is 5. The summed E-state index contributed by atoms with van der Waals surface area (Å²) in [7, 11) is 0. The van der Waals surface area contributed by atoms with E-state index in [1.807, 2.05) is 61.5 Å². The molecule has 0 radical (unpaired) electrons. The van der Waals surface area contributed by atoms with Crippen LogP contribution in [0, 0.1) is 11.3 Å². The van der Waals surface area contributed by atoms with Gasteiger partial charge in [-0.1, -0.05) is 36.4 Å². The highest BCUT2D eigenvalue weighted by atomic mass is 16.5. The van der Waals surface area contributed by atoms with Crippen LogP contribution in [0.15, 0.2) is 54.1 Å². The first kappa shape index (κ1) is 16.8. The van der Waals surface area contributed by atoms with Crippen LogP contribution in [0.3, 0.4) is 0 Å². The SMILES string of the molecule is C[C@H]1Cc2cc(/C=C(\C#N)C(=O)NCCc3ccccc3)ccc2O1. The van der Waals surface area contributed by atoms with Gasteiger partial charge in [0.15, 0.2) is 0 Å². The highest BCUT2D eigenvalue weighted by Crippen LogP contribution is 2.29. The van der Waals surface area contributed by atoms with Crippen molar-refractivity contribution in [2.24, 2.45) is 0 Å². The topological polar surface area (TPSA) is 62.1 Å². The van der Waals surface area contributed by atoms with Crippen LogP contribution in [-0.2, 0) is 17.6 Å². The molecule has 2 aromatic carbocycles. The van der Waals surface area contributed by atoms with Gasteiger partial charge in [0, 0.05) is 13.0 Å². The van der Waals surface area contributed by atoms with Crippen molar-refractivity contribution < 1.29 is 9.53 Å². The molecule has 1 heterocycles. The van der Waals surface area contributed by atoms with Gasteiger partial charge in [0.25, 0.3) is 5.91 Å². The molecule has 0 aromatic heterocycles. The third-order valence-electron chi connectivity index (χ3n) is 4.14. The Labute approximate surface area is 147 Å². The van der Waals surface area contributed by atoms with Crippen LogP contribution < -0.4 is 10.1 Å². The number of fused-ring (bicyclic) bond motifs is 1. The van der Waals surface area contributed by atoms with Crippen molar-refractivity contribution in [1.82, 2.24) is 5.32 Å². The van der Waals surface area contributed by atoms with Crippen molar-refractivity contribution >= 4 is 12.0 Å². The molecule has 1 amide bonds. The van der Waals surface area contributed by atoms with Crippen molar-refractivity contribution in [2.45, 2.75) is 25.9 Å². The Morgan fingerprint density at radius 1 is 1.32 bits per heavy atom. The molecule has 0 spiro atoms. The molecule has 0 saturated carbocycles. The average molecular weight is 332 g/mol. The zero-order valence-electron chi connectivity index (χ0n) is 14.2. The number of nitrogens with zero attached hydrogens (tertiary/aromatic N) is 1. The zero-order valence-corrected chi connectivity index (χ0v) is 14.2. The van der Waals surface area contributed by atoms with E-state index in [1.165, 1.54) is 0 Å². The fraction of sp³-hybridized carbons (Fsp3) is 0.238. The monoisotopic (exact) mass is 332 g/mol. The Morgan fingerprint density at radius 2 is 2.12 bits per heavy atom. The molecule has 4 heteroatoms. The van der Waals surface area contributed by atoms with Crippen molar-refractivity contribution in [3.05, 3.63) is 70.8 Å². The van der Waals surface area contributed by atoms with Crippen LogP contribution in [0.1, 0.15) is 23.6 Å². The molecule has 1 N–H and O–H groups in total. The van der Waals surface area contributed by atoms with Gasteiger partial charge in [-0.25, -0.2) is 0 Å². The lowest BCUT2D eigenvalue weighted by Gasteiger charge is -2.05. The Hall–Kier alpha value is -3.06. The number of hydrogen-bond donors (Lipinski definition) is 1. The predicted molar refractivity (Wildman–Crippen MR) is 97.0 cm³/mol. The van der Waals surface area contributed by atoms with Gasteiger partial charge in [-0.15, -0.1) is 0 Å². The van der Waals surface area contributed by atoms with Crippen LogP contribution >= 0.6 is 0 Å². The number of nitrogens with one attached hydrogen (secondary N) is 1. The van der Waals surface area contributed by atoms with E-state index in [0.717, 1.165) is 35.3 Å². The summed E-state index contributed by atoms with van der Waals surface area (Å²) < 4.78 is 5.67. The van der Waals surface area contributed by atoms with Crippen LogP contribution in [0.4, 0.5) is 0 Å². The quantitative estimate of drug-likeness (QED) is 0.675. The van der Waals surface area contributed by atoms with Crippen LogP contribution in [0.2, 0.25) is 0 Å². The van der Waals surface area contributed by atoms with E-state index in [9.17, 15) is 10.1 Å². The van der Waals surface area contributed by atoms with Gasteiger partial charge in [-0.05, 0) is 48.2 Å². The summed E-state index contributed by atoms with van der Waals surface area (Å²) >= 11 is 0. The van der Waals surface area contributed by atoms with Crippen molar-refractivity contribution in [1.29, 1.82) is 5.26 Å². The summed E-state index contributed by atoms with van der Waals surface area (Å²) in [6.07, 6.45) is 3.38. The second-order valence-electron chi connectivity index (χ2n) is 6.16. The molecule has 1 atom stereocenters. The molecule has 126 valence electrons. The fourth-order valence-corrected chi connectivity index (χ4v) is 2.91. The van der Waals surface area contributed by atoms with E-state index < -0.39 is 0 Å². The highest BCUT2D eigenvalue weighted by molar-refractivity contribution is 6.01. The Balaban J connectivity index is 1.63. The lowest BCUT2D eigenvalue weighted by molar-refractivity contribution is -0.117. The van der Waals surface area contributed by atoms with Gasteiger partial charge >= 0.3 is 0 Å². The summed E-state index contributed by atoms with van der Waals surface area (Å²) in [6.45, 7) is 2.52. The smallest absolute Gasteiger partial charge is 0.261 e. The summed E-state index contributed by atoms with van der Waals surface area (Å²) in [5.41, 5.74) is 3.22. The minimum absolute atomic E-state index is 0.111. The maximum atomic E-state index is 12.2. The van der Waals surface area contributed by atoms with Crippen molar-refractivity contribution in [3.8, 4) is 11.8 Å². The molecule has 4 nitrogen and oxygen atoms in total. The number of nitriles is 1. The number of carbonyl (C=O) groups excluding carboxylic acids is 1. The first-order valence-corrected chi connectivity index (χ1v) is 8.39. The minimum atomic E-state index is -0.344. The summed E-state index contributed by atoms with van der Waals surface area (Å²) in [6, 6.07) is 17.7. The van der Waals surface area contributed by atoms with Crippen LogP contribution in [-0.4, -0.2) is 18.6 Å². The highest BCUT2D eigenvalue weighted by Gasteiger charge is 2.19. The molecule has 0 unspecified atom stereocenters. The van der Waals surface area contributed by atoms with Gasteiger partial charge in [-0.2, -0.15) is 5.26 Å². The van der Waals surface area contributed by atoms with E-state index in [2.05, 4.69) is 5.32 Å². The van der Waals surface area contributed by atoms with E-state index in [-0.39, 0.29) is 17.6 Å². The standard InChI is InChI=1S/C21H20N2O2/c1-15-11-18-12-17(7-8-20(18)25-15)13-19(14-22)21(24)23-10-9-16-5-3-2-4-6-16/h2-8,12-13,15H,9-11H2,1H3,(H,23,24)/b19-13+/t15-/m0/s1. The number of carbonyl (C=O) groups is 1. The zero-order chi connectivity index (χ0) is 17.6. The molecule has 1 aliphatic rings. The summed E-state index contributed by atoms with van der Waals surface area (Å²) in [5, 5.41) is 12.1. The number of ether oxygens (including phenoxy) is 1. The Morgan fingerprint density at radius 3 is 2.88 bits per heavy atom. The molecule has 3 rings (SSSR count). The molecule has 0 saturated heterocycles. The second-order valence-corrected chi connectivity index (χ2v) is 6.16. The minimum Gasteiger partial charge on any atom is -0.490 e. The van der Waals surface area contributed by atoms with Crippen LogP contribution in [0.25, 0.3) is 6.08 Å². The van der Waals surface area contributed by atoms with Crippen molar-refractivity contribution in [2.75, 3.05) is 6.54 Å². The van der Waals surface area contributed by atoms with Crippen molar-refractivity contribution in [3.63, 3.8) is 0 Å². The predicted octanol–water partition coefficient (Wildman–Crippen LogP) is 3.28. The lowest BCUT2D eigenvalue weighted by atomic mass is 10.0. The van der Waals surface area contributed by atoms with E-state index >= 15 is 0 Å². The molecular formula is C21H20N2O2. The summed E-state index contributed by atoms with van der Waals surface area (Å²) in [5.74, 6) is 0.541. The van der Waals surface area contributed by atoms with E-state index in [0.29, 0.717) is 6.54 Å². The van der Waals surface area contributed by atoms with Crippen LogP contribution in [0.5, 0.6) is 5.75 Å². The Kier molecular flexibility index (Phi) is 5.15. The second kappa shape index (κ2) is 7.67.